The van der Waals surface area contributed by atoms with Crippen molar-refractivity contribution in [2.75, 3.05) is 36.8 Å². The van der Waals surface area contributed by atoms with Gasteiger partial charge >= 0.3 is 0 Å². The average Bonchev–Trinajstić information content (AvgIpc) is 2.86. The molecule has 0 amide bonds. The molecule has 3 rings (SSSR count). The van der Waals surface area contributed by atoms with Crippen molar-refractivity contribution >= 4 is 22.2 Å². The number of piperazine rings is 1. The molecule has 0 atom stereocenters. The van der Waals surface area contributed by atoms with Crippen LogP contribution in [0, 0.1) is 6.92 Å². The third kappa shape index (κ3) is 2.94. The van der Waals surface area contributed by atoms with Crippen LogP contribution in [-0.4, -0.2) is 36.1 Å². The lowest BCUT2D eigenvalue weighted by Crippen LogP contribution is -2.46. The van der Waals surface area contributed by atoms with Gasteiger partial charge in [0.25, 0.3) is 0 Å². The molecule has 0 spiro atoms. The number of nitrogens with two attached hydrogens (primary N) is 1. The number of hydrogen-bond acceptors (Lipinski definition) is 5. The fourth-order valence-corrected chi connectivity index (χ4v) is 3.41. The summed E-state index contributed by atoms with van der Waals surface area (Å²) in [7, 11) is 0. The highest BCUT2D eigenvalue weighted by Crippen LogP contribution is 2.22. The lowest BCUT2D eigenvalue weighted by Gasteiger charge is -2.36. The number of anilines is 2. The topological polar surface area (TPSA) is 45.4 Å². The Morgan fingerprint density at radius 1 is 1.20 bits per heavy atom. The summed E-state index contributed by atoms with van der Waals surface area (Å²) in [6.45, 7) is 7.49. The number of para-hydroxylation sites is 1. The number of hydrogen-bond donors (Lipinski definition) is 1. The Bertz CT molecular complexity index is 573. The van der Waals surface area contributed by atoms with E-state index in [1.54, 1.807) is 11.3 Å². The zero-order valence-corrected chi connectivity index (χ0v) is 12.6. The summed E-state index contributed by atoms with van der Waals surface area (Å²) in [5.74, 6) is 0. The second-order valence-electron chi connectivity index (χ2n) is 5.21. The minimum Gasteiger partial charge on any atom is -0.375 e. The minimum atomic E-state index is 0.665. The monoisotopic (exact) mass is 288 g/mol. The van der Waals surface area contributed by atoms with Crippen LogP contribution >= 0.6 is 11.3 Å². The van der Waals surface area contributed by atoms with E-state index >= 15 is 0 Å². The number of thiazole rings is 1. The van der Waals surface area contributed by atoms with Gasteiger partial charge < -0.3 is 10.6 Å². The van der Waals surface area contributed by atoms with Crippen molar-refractivity contribution in [1.82, 2.24) is 9.88 Å². The van der Waals surface area contributed by atoms with Crippen LogP contribution in [0.25, 0.3) is 0 Å². The van der Waals surface area contributed by atoms with E-state index in [-0.39, 0.29) is 0 Å². The third-order valence-corrected chi connectivity index (χ3v) is 4.59. The predicted octanol–water partition coefficient (Wildman–Crippen LogP) is 2.36. The van der Waals surface area contributed by atoms with Crippen LogP contribution in [0.4, 0.5) is 10.8 Å². The molecule has 0 aliphatic carbocycles. The van der Waals surface area contributed by atoms with Gasteiger partial charge in [-0.1, -0.05) is 18.2 Å². The summed E-state index contributed by atoms with van der Waals surface area (Å²) in [6, 6.07) is 8.62. The first-order valence-corrected chi connectivity index (χ1v) is 7.77. The van der Waals surface area contributed by atoms with E-state index in [0.717, 1.165) is 32.7 Å². The fourth-order valence-electron chi connectivity index (χ4n) is 2.68. The summed E-state index contributed by atoms with van der Waals surface area (Å²) in [5, 5.41) is 0.665. The maximum Gasteiger partial charge on any atom is 0.180 e. The molecular weight excluding hydrogens is 268 g/mol. The van der Waals surface area contributed by atoms with Crippen molar-refractivity contribution in [1.29, 1.82) is 0 Å². The van der Waals surface area contributed by atoms with Crippen LogP contribution in [0.1, 0.15) is 10.4 Å². The van der Waals surface area contributed by atoms with E-state index in [4.69, 9.17) is 5.73 Å². The fraction of sp³-hybridized carbons (Fsp3) is 0.400. The van der Waals surface area contributed by atoms with Crippen molar-refractivity contribution in [3.8, 4) is 0 Å². The van der Waals surface area contributed by atoms with Gasteiger partial charge in [0.2, 0.25) is 0 Å². The average molecular weight is 288 g/mol. The van der Waals surface area contributed by atoms with Crippen LogP contribution in [0.15, 0.2) is 30.5 Å². The molecule has 4 nitrogen and oxygen atoms in total. The van der Waals surface area contributed by atoms with Gasteiger partial charge in [-0.3, -0.25) is 4.90 Å². The van der Waals surface area contributed by atoms with Gasteiger partial charge in [-0.2, -0.15) is 0 Å². The highest BCUT2D eigenvalue weighted by molar-refractivity contribution is 7.15. The third-order valence-electron chi connectivity index (χ3n) is 3.78. The Balaban J connectivity index is 1.58. The number of aromatic nitrogens is 1. The molecule has 2 aromatic rings. The zero-order valence-electron chi connectivity index (χ0n) is 11.7. The number of aryl methyl sites for hydroxylation is 1. The number of benzene rings is 1. The molecule has 106 valence electrons. The number of rotatable bonds is 3. The molecule has 20 heavy (non-hydrogen) atoms. The molecule has 5 heteroatoms. The van der Waals surface area contributed by atoms with Gasteiger partial charge in [-0.25, -0.2) is 4.98 Å². The summed E-state index contributed by atoms with van der Waals surface area (Å²) < 4.78 is 0. The minimum absolute atomic E-state index is 0.665. The molecule has 2 N–H and O–H groups in total. The van der Waals surface area contributed by atoms with E-state index in [2.05, 4.69) is 46.0 Å². The molecule has 1 saturated heterocycles. The first-order valence-electron chi connectivity index (χ1n) is 6.95. The van der Waals surface area contributed by atoms with Crippen LogP contribution < -0.4 is 10.6 Å². The first kappa shape index (κ1) is 13.4. The Labute approximate surface area is 123 Å². The van der Waals surface area contributed by atoms with Crippen LogP contribution in [0.5, 0.6) is 0 Å². The maximum atomic E-state index is 5.68. The second kappa shape index (κ2) is 5.81. The van der Waals surface area contributed by atoms with Crippen molar-refractivity contribution in [2.24, 2.45) is 0 Å². The maximum absolute atomic E-state index is 5.68. The van der Waals surface area contributed by atoms with Crippen molar-refractivity contribution < 1.29 is 0 Å². The van der Waals surface area contributed by atoms with E-state index < -0.39 is 0 Å². The molecule has 2 heterocycles. The number of nitrogens with zero attached hydrogens (tertiary/aromatic N) is 3. The van der Waals surface area contributed by atoms with E-state index in [0.29, 0.717) is 5.13 Å². The standard InChI is InChI=1S/C15H20N4S/c1-12-4-2-3-5-14(12)19-8-6-18(7-9-19)11-13-10-17-15(16)20-13/h2-5,10H,6-9,11H2,1H3,(H2,16,17). The van der Waals surface area contributed by atoms with Gasteiger partial charge in [0.05, 0.1) is 0 Å². The Hall–Kier alpha value is -1.59. The summed E-state index contributed by atoms with van der Waals surface area (Å²) >= 11 is 1.59. The summed E-state index contributed by atoms with van der Waals surface area (Å²) in [6.07, 6.45) is 1.90. The number of nitrogen functional groups attached to an aromatic ring is 1. The van der Waals surface area contributed by atoms with E-state index in [9.17, 15) is 0 Å². The van der Waals surface area contributed by atoms with Crippen LogP contribution in [-0.2, 0) is 6.54 Å². The molecule has 1 fully saturated rings. The van der Waals surface area contributed by atoms with Crippen LogP contribution in [0.3, 0.4) is 0 Å². The Morgan fingerprint density at radius 2 is 1.95 bits per heavy atom. The SMILES string of the molecule is Cc1ccccc1N1CCN(Cc2cnc(N)s2)CC1. The van der Waals surface area contributed by atoms with Gasteiger partial charge in [0.15, 0.2) is 5.13 Å². The zero-order chi connectivity index (χ0) is 13.9. The van der Waals surface area contributed by atoms with Gasteiger partial charge in [0.1, 0.15) is 0 Å². The van der Waals surface area contributed by atoms with Gasteiger partial charge in [-0.15, -0.1) is 11.3 Å². The molecule has 1 aliphatic heterocycles. The normalized spacial score (nSPS) is 16.6. The smallest absolute Gasteiger partial charge is 0.180 e. The lowest BCUT2D eigenvalue weighted by atomic mass is 10.1. The summed E-state index contributed by atoms with van der Waals surface area (Å²) in [5.41, 5.74) is 8.41. The quantitative estimate of drug-likeness (QED) is 0.942. The van der Waals surface area contributed by atoms with Gasteiger partial charge in [-0.05, 0) is 18.6 Å². The largest absolute Gasteiger partial charge is 0.375 e. The Kier molecular flexibility index (Phi) is 3.89. The Morgan fingerprint density at radius 3 is 2.60 bits per heavy atom. The van der Waals surface area contributed by atoms with E-state index in [1.807, 2.05) is 6.20 Å². The lowest BCUT2D eigenvalue weighted by molar-refractivity contribution is 0.251. The first-order chi connectivity index (χ1) is 9.72. The van der Waals surface area contributed by atoms with Gasteiger partial charge in [0, 0.05) is 49.5 Å². The van der Waals surface area contributed by atoms with Crippen LogP contribution in [0.2, 0.25) is 0 Å². The molecule has 1 aliphatic rings. The molecule has 1 aromatic heterocycles. The predicted molar refractivity (Wildman–Crippen MR) is 85.2 cm³/mol. The highest BCUT2D eigenvalue weighted by Gasteiger charge is 2.18. The molecular formula is C15H20N4S. The van der Waals surface area contributed by atoms with Crippen molar-refractivity contribution in [3.63, 3.8) is 0 Å². The van der Waals surface area contributed by atoms with Crippen molar-refractivity contribution in [2.45, 2.75) is 13.5 Å². The highest BCUT2D eigenvalue weighted by atomic mass is 32.1. The summed E-state index contributed by atoms with van der Waals surface area (Å²) in [4.78, 5) is 10.3. The molecule has 0 saturated carbocycles. The molecule has 1 aromatic carbocycles. The second-order valence-corrected chi connectivity index (χ2v) is 6.36. The van der Waals surface area contributed by atoms with Crippen molar-refractivity contribution in [3.05, 3.63) is 40.9 Å². The molecule has 0 radical (unpaired) electrons. The van der Waals surface area contributed by atoms with E-state index in [1.165, 1.54) is 16.1 Å². The molecule has 0 bridgehead atoms. The molecule has 0 unspecified atom stereocenters.